The number of amidine groups is 1. The molecule has 4 nitrogen and oxygen atoms in total. The molecule has 0 radical (unpaired) electrons. The minimum Gasteiger partial charge on any atom is -0.485 e. The van der Waals surface area contributed by atoms with Gasteiger partial charge in [0, 0.05) is 7.05 Å². The highest BCUT2D eigenvalue weighted by molar-refractivity contribution is 7.78. The largest absolute Gasteiger partial charge is 0.485 e. The first kappa shape index (κ1) is 12.4. The van der Waals surface area contributed by atoms with Gasteiger partial charge in [-0.3, -0.25) is 15.8 Å². The van der Waals surface area contributed by atoms with Crippen LogP contribution in [-0.2, 0) is 0 Å². The number of nitrogens with zero attached hydrogens (tertiary/aromatic N) is 1. The van der Waals surface area contributed by atoms with E-state index in [-0.39, 0.29) is 0 Å². The van der Waals surface area contributed by atoms with Gasteiger partial charge in [0.15, 0.2) is 5.84 Å². The number of aryl methyl sites for hydroxylation is 1. The Bertz CT molecular complexity index is 379. The monoisotopic (exact) mass is 237 g/mol. The zero-order valence-corrected chi connectivity index (χ0v) is 10.2. The van der Waals surface area contributed by atoms with Crippen LogP contribution in [-0.4, -0.2) is 25.0 Å². The van der Waals surface area contributed by atoms with Gasteiger partial charge in [0.25, 0.3) is 0 Å². The standard InChI is InChI=1S/C11H15N3OS/c1-9-5-3-4-6-10(9)15-7-11(12-2)14-13-8-16/h3-6,8H,7H2,1-2H3,(H,12,14)(H,13,16). The molecule has 86 valence electrons. The van der Waals surface area contributed by atoms with Crippen molar-refractivity contribution in [2.75, 3.05) is 13.7 Å². The van der Waals surface area contributed by atoms with Gasteiger partial charge >= 0.3 is 0 Å². The lowest BCUT2D eigenvalue weighted by atomic mass is 10.2. The fraction of sp³-hybridized carbons (Fsp3) is 0.273. The van der Waals surface area contributed by atoms with E-state index in [9.17, 15) is 0 Å². The Morgan fingerprint density at radius 2 is 2.25 bits per heavy atom. The summed E-state index contributed by atoms with van der Waals surface area (Å²) in [5.74, 6) is 1.54. The highest BCUT2D eigenvalue weighted by Crippen LogP contribution is 2.15. The van der Waals surface area contributed by atoms with Crippen LogP contribution in [0.1, 0.15) is 5.56 Å². The first-order valence-corrected chi connectivity index (χ1v) is 5.34. The second-order valence-electron chi connectivity index (χ2n) is 3.11. The maximum atomic E-state index is 5.61. The Balaban J connectivity index is 2.50. The summed E-state index contributed by atoms with van der Waals surface area (Å²) in [5.41, 5.74) is 7.98. The number of aliphatic imine (C=N–C) groups is 1. The molecule has 16 heavy (non-hydrogen) atoms. The highest BCUT2D eigenvalue weighted by Gasteiger charge is 2.00. The number of hydrogen-bond donors (Lipinski definition) is 2. The number of benzene rings is 1. The quantitative estimate of drug-likeness (QED) is 0.352. The van der Waals surface area contributed by atoms with E-state index in [2.05, 4.69) is 28.1 Å². The molecule has 1 aromatic carbocycles. The maximum absolute atomic E-state index is 5.61. The number of hydrazine groups is 1. The molecule has 1 aromatic rings. The molecule has 0 heterocycles. The molecule has 0 spiro atoms. The first-order valence-electron chi connectivity index (χ1n) is 4.87. The molecule has 5 heteroatoms. The highest BCUT2D eigenvalue weighted by atomic mass is 32.1. The molecule has 0 saturated heterocycles. The van der Waals surface area contributed by atoms with Gasteiger partial charge in [0.1, 0.15) is 12.4 Å². The van der Waals surface area contributed by atoms with Crippen molar-refractivity contribution in [1.29, 1.82) is 0 Å². The number of ether oxygens (including phenoxy) is 1. The van der Waals surface area contributed by atoms with Crippen LogP contribution >= 0.6 is 12.2 Å². The fourth-order valence-electron chi connectivity index (χ4n) is 1.13. The third-order valence-electron chi connectivity index (χ3n) is 2.00. The van der Waals surface area contributed by atoms with Crippen LogP contribution in [0.5, 0.6) is 5.75 Å². The van der Waals surface area contributed by atoms with E-state index in [1.54, 1.807) is 7.05 Å². The van der Waals surface area contributed by atoms with E-state index in [1.165, 1.54) is 5.49 Å². The van der Waals surface area contributed by atoms with Gasteiger partial charge < -0.3 is 4.74 Å². The summed E-state index contributed by atoms with van der Waals surface area (Å²) in [6, 6.07) is 7.84. The molecule has 0 amide bonds. The number of para-hydroxylation sites is 1. The molecule has 0 aromatic heterocycles. The topological polar surface area (TPSA) is 45.6 Å². The van der Waals surface area contributed by atoms with Gasteiger partial charge in [-0.05, 0) is 18.6 Å². The van der Waals surface area contributed by atoms with Crippen molar-refractivity contribution < 1.29 is 4.74 Å². The minimum atomic E-state index is 0.373. The van der Waals surface area contributed by atoms with Crippen molar-refractivity contribution in [2.45, 2.75) is 6.92 Å². The lowest BCUT2D eigenvalue weighted by Crippen LogP contribution is -2.39. The van der Waals surface area contributed by atoms with E-state index in [0.29, 0.717) is 12.4 Å². The minimum absolute atomic E-state index is 0.373. The average molecular weight is 237 g/mol. The summed E-state index contributed by atoms with van der Waals surface area (Å²) < 4.78 is 5.61. The Labute approximate surface area is 101 Å². The van der Waals surface area contributed by atoms with Crippen molar-refractivity contribution in [3.63, 3.8) is 0 Å². The third-order valence-corrected chi connectivity index (χ3v) is 2.12. The van der Waals surface area contributed by atoms with E-state index < -0.39 is 0 Å². The van der Waals surface area contributed by atoms with Crippen molar-refractivity contribution in [2.24, 2.45) is 4.99 Å². The van der Waals surface area contributed by atoms with Crippen molar-refractivity contribution in [3.05, 3.63) is 29.8 Å². The molecule has 0 aliphatic heterocycles. The number of rotatable bonds is 5. The van der Waals surface area contributed by atoms with Crippen LogP contribution < -0.4 is 15.6 Å². The summed E-state index contributed by atoms with van der Waals surface area (Å²) >= 11 is 4.62. The van der Waals surface area contributed by atoms with Gasteiger partial charge in [0.2, 0.25) is 0 Å². The smallest absolute Gasteiger partial charge is 0.153 e. The Hall–Kier alpha value is -1.62. The van der Waals surface area contributed by atoms with Crippen LogP contribution in [0.2, 0.25) is 0 Å². The van der Waals surface area contributed by atoms with E-state index >= 15 is 0 Å². The lowest BCUT2D eigenvalue weighted by Gasteiger charge is -2.11. The third kappa shape index (κ3) is 3.86. The predicted octanol–water partition coefficient (Wildman–Crippen LogP) is 1.45. The number of nitrogens with one attached hydrogen (secondary N) is 2. The molecule has 0 saturated carbocycles. The summed E-state index contributed by atoms with van der Waals surface area (Å²) in [5, 5.41) is 0. The zero-order valence-electron chi connectivity index (χ0n) is 9.36. The van der Waals surface area contributed by atoms with Crippen LogP contribution in [0, 0.1) is 6.92 Å². The van der Waals surface area contributed by atoms with Gasteiger partial charge in [0.05, 0.1) is 5.49 Å². The van der Waals surface area contributed by atoms with Gasteiger partial charge in [-0.2, -0.15) is 0 Å². The molecule has 2 N–H and O–H groups in total. The summed E-state index contributed by atoms with van der Waals surface area (Å²) in [6.07, 6.45) is 0. The molecule has 0 unspecified atom stereocenters. The number of hydrogen-bond acceptors (Lipinski definition) is 3. The molecule has 0 bridgehead atoms. The molecule has 1 rings (SSSR count). The van der Waals surface area contributed by atoms with Gasteiger partial charge in [-0.1, -0.05) is 30.4 Å². The molecular weight excluding hydrogens is 222 g/mol. The Morgan fingerprint density at radius 1 is 1.50 bits per heavy atom. The van der Waals surface area contributed by atoms with E-state index in [0.717, 1.165) is 11.3 Å². The maximum Gasteiger partial charge on any atom is 0.153 e. The Kier molecular flexibility index (Phi) is 5.28. The van der Waals surface area contributed by atoms with Crippen molar-refractivity contribution in [1.82, 2.24) is 10.9 Å². The van der Waals surface area contributed by atoms with E-state index in [1.807, 2.05) is 31.2 Å². The Morgan fingerprint density at radius 3 is 2.88 bits per heavy atom. The molecule has 0 aliphatic rings. The summed E-state index contributed by atoms with van der Waals surface area (Å²) in [4.78, 5) is 4.02. The molecule has 0 fully saturated rings. The SMILES string of the molecule is CN=C(COc1ccccc1C)NNC=S. The second-order valence-corrected chi connectivity index (χ2v) is 3.35. The van der Waals surface area contributed by atoms with E-state index in [4.69, 9.17) is 4.74 Å². The van der Waals surface area contributed by atoms with Crippen LogP contribution in [0.15, 0.2) is 29.3 Å². The van der Waals surface area contributed by atoms with Gasteiger partial charge in [-0.25, -0.2) is 0 Å². The molecule has 0 aliphatic carbocycles. The van der Waals surface area contributed by atoms with Crippen molar-refractivity contribution in [3.8, 4) is 5.75 Å². The van der Waals surface area contributed by atoms with Crippen LogP contribution in [0.4, 0.5) is 0 Å². The second kappa shape index (κ2) is 6.79. The average Bonchev–Trinajstić information content (AvgIpc) is 2.31. The van der Waals surface area contributed by atoms with Crippen LogP contribution in [0.3, 0.4) is 0 Å². The zero-order chi connectivity index (χ0) is 11.8. The lowest BCUT2D eigenvalue weighted by molar-refractivity contribution is 0.368. The molecule has 0 atom stereocenters. The summed E-state index contributed by atoms with van der Waals surface area (Å²) in [7, 11) is 1.69. The van der Waals surface area contributed by atoms with Gasteiger partial charge in [-0.15, -0.1) is 0 Å². The normalized spacial score (nSPS) is 10.8. The first-order chi connectivity index (χ1) is 7.77. The summed E-state index contributed by atoms with van der Waals surface area (Å²) in [6.45, 7) is 2.37. The number of thiocarbonyl (C=S) groups is 1. The molecular formula is C11H15N3OS. The van der Waals surface area contributed by atoms with Crippen molar-refractivity contribution >= 4 is 23.5 Å². The predicted molar refractivity (Wildman–Crippen MR) is 70.0 cm³/mol. The fourth-order valence-corrected chi connectivity index (χ4v) is 1.19. The van der Waals surface area contributed by atoms with Crippen LogP contribution in [0.25, 0.3) is 0 Å².